The van der Waals surface area contributed by atoms with Gasteiger partial charge in [-0.3, -0.25) is 9.59 Å². The number of carboxylic acid groups (broad SMARTS) is 1. The first kappa shape index (κ1) is 11.7. The van der Waals surface area contributed by atoms with Crippen LogP contribution in [0.4, 0.5) is 0 Å². The Morgan fingerprint density at radius 1 is 1.22 bits per heavy atom. The standard InChI is InChI=1S/C13H17NO4/c1-13(18)5-14(6-13)11(15)9-7-2-3-8(4-7)10(9)12(16)17/h2-3,7-10,18H,4-6H2,1H3,(H,16,17). The van der Waals surface area contributed by atoms with Gasteiger partial charge in [0, 0.05) is 0 Å². The van der Waals surface area contributed by atoms with Gasteiger partial charge in [0.1, 0.15) is 0 Å². The topological polar surface area (TPSA) is 77.8 Å². The third kappa shape index (κ3) is 1.57. The molecule has 1 saturated heterocycles. The zero-order valence-electron chi connectivity index (χ0n) is 10.2. The average Bonchev–Trinajstić information content (AvgIpc) is 2.83. The summed E-state index contributed by atoms with van der Waals surface area (Å²) in [6.45, 7) is 2.32. The predicted octanol–water partition coefficient (Wildman–Crippen LogP) is 0.103. The van der Waals surface area contributed by atoms with E-state index in [4.69, 9.17) is 0 Å². The first-order valence-corrected chi connectivity index (χ1v) is 6.31. The Kier molecular flexibility index (Phi) is 2.32. The van der Waals surface area contributed by atoms with E-state index in [2.05, 4.69) is 0 Å². The zero-order chi connectivity index (χ0) is 13.1. The first-order chi connectivity index (χ1) is 8.39. The van der Waals surface area contributed by atoms with Crippen molar-refractivity contribution in [3.63, 3.8) is 0 Å². The number of amides is 1. The summed E-state index contributed by atoms with van der Waals surface area (Å²) in [7, 11) is 0. The van der Waals surface area contributed by atoms with E-state index in [9.17, 15) is 19.8 Å². The van der Waals surface area contributed by atoms with Crippen LogP contribution in [0.15, 0.2) is 12.2 Å². The molecule has 2 aliphatic carbocycles. The highest BCUT2D eigenvalue weighted by atomic mass is 16.4. The number of hydrogen-bond acceptors (Lipinski definition) is 3. The van der Waals surface area contributed by atoms with Gasteiger partial charge in [-0.1, -0.05) is 12.2 Å². The Balaban J connectivity index is 1.77. The normalized spacial score (nSPS) is 39.8. The van der Waals surface area contributed by atoms with Crippen LogP contribution < -0.4 is 0 Å². The summed E-state index contributed by atoms with van der Waals surface area (Å²) in [4.78, 5) is 25.2. The van der Waals surface area contributed by atoms with E-state index in [1.54, 1.807) is 11.8 Å². The van der Waals surface area contributed by atoms with Crippen molar-refractivity contribution in [1.82, 2.24) is 4.90 Å². The number of likely N-dealkylation sites (tertiary alicyclic amines) is 1. The Hall–Kier alpha value is -1.36. The van der Waals surface area contributed by atoms with Gasteiger partial charge in [0.05, 0.1) is 30.5 Å². The SMILES string of the molecule is CC1(O)CN(C(=O)C2C3C=CC(C3)C2C(=O)O)C1. The number of aliphatic carboxylic acids is 1. The molecule has 0 spiro atoms. The highest BCUT2D eigenvalue weighted by Crippen LogP contribution is 2.49. The van der Waals surface area contributed by atoms with Gasteiger partial charge < -0.3 is 15.1 Å². The number of fused-ring (bicyclic) bond motifs is 2. The van der Waals surface area contributed by atoms with Crippen molar-refractivity contribution in [2.45, 2.75) is 18.9 Å². The maximum atomic E-state index is 12.3. The van der Waals surface area contributed by atoms with Gasteiger partial charge >= 0.3 is 5.97 Å². The van der Waals surface area contributed by atoms with E-state index >= 15 is 0 Å². The van der Waals surface area contributed by atoms with Crippen LogP contribution in [-0.2, 0) is 9.59 Å². The monoisotopic (exact) mass is 251 g/mol. The Bertz CT molecular complexity index is 434. The van der Waals surface area contributed by atoms with Gasteiger partial charge in [0.15, 0.2) is 0 Å². The fraction of sp³-hybridized carbons (Fsp3) is 0.692. The molecule has 0 aromatic carbocycles. The van der Waals surface area contributed by atoms with Gasteiger partial charge in [-0.25, -0.2) is 0 Å². The Labute approximate surface area is 105 Å². The highest BCUT2D eigenvalue weighted by Gasteiger charge is 2.54. The van der Waals surface area contributed by atoms with Crippen molar-refractivity contribution in [3.8, 4) is 0 Å². The molecule has 1 aliphatic heterocycles. The number of nitrogens with zero attached hydrogens (tertiary/aromatic N) is 1. The van der Waals surface area contributed by atoms with Gasteiger partial charge in [-0.05, 0) is 25.2 Å². The number of carbonyl (C=O) groups excluding carboxylic acids is 1. The molecule has 98 valence electrons. The van der Waals surface area contributed by atoms with Crippen molar-refractivity contribution < 1.29 is 19.8 Å². The lowest BCUT2D eigenvalue weighted by Crippen LogP contribution is -2.63. The molecule has 3 aliphatic rings. The fourth-order valence-electron chi connectivity index (χ4n) is 3.64. The van der Waals surface area contributed by atoms with E-state index < -0.39 is 23.4 Å². The quantitative estimate of drug-likeness (QED) is 0.682. The molecule has 1 saturated carbocycles. The molecule has 0 radical (unpaired) electrons. The molecule has 4 unspecified atom stereocenters. The molecule has 2 fully saturated rings. The van der Waals surface area contributed by atoms with Crippen LogP contribution in [-0.4, -0.2) is 45.7 Å². The van der Waals surface area contributed by atoms with Crippen LogP contribution in [0.3, 0.4) is 0 Å². The molecule has 18 heavy (non-hydrogen) atoms. The Morgan fingerprint density at radius 2 is 1.78 bits per heavy atom. The highest BCUT2D eigenvalue weighted by molar-refractivity contribution is 5.87. The molecular weight excluding hydrogens is 234 g/mol. The van der Waals surface area contributed by atoms with Crippen molar-refractivity contribution in [3.05, 3.63) is 12.2 Å². The Morgan fingerprint density at radius 3 is 2.28 bits per heavy atom. The third-order valence-electron chi connectivity index (χ3n) is 4.40. The second-order valence-corrected chi connectivity index (χ2v) is 6.03. The minimum atomic E-state index is -0.877. The van der Waals surface area contributed by atoms with Crippen LogP contribution in [0.1, 0.15) is 13.3 Å². The molecule has 5 heteroatoms. The molecule has 2 N–H and O–H groups in total. The molecule has 5 nitrogen and oxygen atoms in total. The minimum Gasteiger partial charge on any atom is -0.481 e. The van der Waals surface area contributed by atoms with Gasteiger partial charge in [-0.15, -0.1) is 0 Å². The van der Waals surface area contributed by atoms with E-state index in [1.165, 1.54) is 0 Å². The van der Waals surface area contributed by atoms with E-state index in [1.807, 2.05) is 12.2 Å². The zero-order valence-corrected chi connectivity index (χ0v) is 10.2. The van der Waals surface area contributed by atoms with Crippen molar-refractivity contribution in [2.75, 3.05) is 13.1 Å². The number of β-amino-alcohol motifs (C(OH)–C–C–N with tert-alkyl or cyclic N) is 1. The summed E-state index contributed by atoms with van der Waals surface area (Å²) in [5, 5.41) is 18.9. The molecule has 0 aromatic rings. The largest absolute Gasteiger partial charge is 0.481 e. The fourth-order valence-corrected chi connectivity index (χ4v) is 3.64. The van der Waals surface area contributed by atoms with Gasteiger partial charge in [-0.2, -0.15) is 0 Å². The average molecular weight is 251 g/mol. The molecule has 3 rings (SSSR count). The van der Waals surface area contributed by atoms with E-state index in [-0.39, 0.29) is 17.7 Å². The number of hydrogen-bond donors (Lipinski definition) is 2. The number of aliphatic hydroxyl groups is 1. The first-order valence-electron chi connectivity index (χ1n) is 6.31. The van der Waals surface area contributed by atoms with Gasteiger partial charge in [0.2, 0.25) is 5.91 Å². The maximum absolute atomic E-state index is 12.3. The summed E-state index contributed by atoms with van der Waals surface area (Å²) >= 11 is 0. The number of allylic oxidation sites excluding steroid dienone is 2. The van der Waals surface area contributed by atoms with Crippen LogP contribution in [0.25, 0.3) is 0 Å². The summed E-state index contributed by atoms with van der Waals surface area (Å²) < 4.78 is 0. The minimum absolute atomic E-state index is 0.00300. The van der Waals surface area contributed by atoms with Crippen molar-refractivity contribution in [1.29, 1.82) is 0 Å². The smallest absolute Gasteiger partial charge is 0.307 e. The summed E-state index contributed by atoms with van der Waals surface area (Å²) in [5.41, 5.74) is -0.804. The second-order valence-electron chi connectivity index (χ2n) is 6.03. The van der Waals surface area contributed by atoms with Crippen LogP contribution in [0.2, 0.25) is 0 Å². The second kappa shape index (κ2) is 3.57. The van der Waals surface area contributed by atoms with Crippen LogP contribution in [0.5, 0.6) is 0 Å². The van der Waals surface area contributed by atoms with Gasteiger partial charge in [0.25, 0.3) is 0 Å². The number of carboxylic acids is 1. The lowest BCUT2D eigenvalue weighted by Gasteiger charge is -2.46. The molecule has 1 heterocycles. The van der Waals surface area contributed by atoms with Crippen molar-refractivity contribution in [2.24, 2.45) is 23.7 Å². The maximum Gasteiger partial charge on any atom is 0.307 e. The van der Waals surface area contributed by atoms with E-state index in [0.29, 0.717) is 13.1 Å². The summed E-state index contributed by atoms with van der Waals surface area (Å²) in [6, 6.07) is 0. The summed E-state index contributed by atoms with van der Waals surface area (Å²) in [6.07, 6.45) is 4.68. The lowest BCUT2D eigenvalue weighted by atomic mass is 9.80. The summed E-state index contributed by atoms with van der Waals surface area (Å²) in [5.74, 6) is -1.94. The predicted molar refractivity (Wildman–Crippen MR) is 62.6 cm³/mol. The molecule has 0 aromatic heterocycles. The third-order valence-corrected chi connectivity index (χ3v) is 4.40. The van der Waals surface area contributed by atoms with E-state index in [0.717, 1.165) is 6.42 Å². The lowest BCUT2D eigenvalue weighted by molar-refractivity contribution is -0.163. The molecule has 2 bridgehead atoms. The molecule has 1 amide bonds. The number of carbonyl (C=O) groups is 2. The van der Waals surface area contributed by atoms with Crippen LogP contribution in [0, 0.1) is 23.7 Å². The molecular formula is C13H17NO4. The number of rotatable bonds is 2. The van der Waals surface area contributed by atoms with Crippen LogP contribution >= 0.6 is 0 Å². The molecule has 4 atom stereocenters. The van der Waals surface area contributed by atoms with Crippen molar-refractivity contribution >= 4 is 11.9 Å².